The second-order valence-electron chi connectivity index (χ2n) is 9.13. The van der Waals surface area contributed by atoms with Gasteiger partial charge in [-0.05, 0) is 48.4 Å². The number of hydrogen-bond acceptors (Lipinski definition) is 8. The van der Waals surface area contributed by atoms with Gasteiger partial charge in [-0.3, -0.25) is 0 Å². The van der Waals surface area contributed by atoms with Gasteiger partial charge in [-0.15, -0.1) is 0 Å². The number of nitriles is 1. The molecular weight excluding hydrogens is 520 g/mol. The fourth-order valence-electron chi connectivity index (χ4n) is 4.64. The van der Waals surface area contributed by atoms with E-state index in [4.69, 9.17) is 29.4 Å². The summed E-state index contributed by atoms with van der Waals surface area (Å²) >= 11 is 0. The monoisotopic (exact) mass is 548 g/mol. The summed E-state index contributed by atoms with van der Waals surface area (Å²) in [4.78, 5) is 12.9. The summed E-state index contributed by atoms with van der Waals surface area (Å²) < 4.78 is 28.6. The number of methoxy groups -OCH3 is 1. The summed E-state index contributed by atoms with van der Waals surface area (Å²) in [5, 5.41) is 9.97. The van der Waals surface area contributed by atoms with Gasteiger partial charge in [-0.25, -0.2) is 4.79 Å². The number of nitrogens with two attached hydrogens (primary N) is 1. The van der Waals surface area contributed by atoms with Gasteiger partial charge in [0.2, 0.25) is 5.88 Å². The highest BCUT2D eigenvalue weighted by molar-refractivity contribution is 5.94. The lowest BCUT2D eigenvalue weighted by Crippen LogP contribution is -2.21. The zero-order chi connectivity index (χ0) is 28.8. The minimum Gasteiger partial charge on any atom is -0.493 e. The third-order valence-electron chi connectivity index (χ3n) is 6.57. The lowest BCUT2D eigenvalue weighted by Gasteiger charge is -2.27. The highest BCUT2D eigenvalue weighted by atomic mass is 16.5. The van der Waals surface area contributed by atoms with Crippen LogP contribution in [-0.4, -0.2) is 19.7 Å². The van der Waals surface area contributed by atoms with E-state index in [1.54, 1.807) is 49.6 Å². The molecule has 0 saturated heterocycles. The van der Waals surface area contributed by atoms with E-state index in [0.717, 1.165) is 11.1 Å². The highest BCUT2D eigenvalue weighted by Gasteiger charge is 2.32. The minimum atomic E-state index is -0.571. The second kappa shape index (κ2) is 12.2. The van der Waals surface area contributed by atoms with E-state index in [1.807, 2.05) is 55.5 Å². The first-order chi connectivity index (χ1) is 20.0. The largest absolute Gasteiger partial charge is 0.493 e. The first kappa shape index (κ1) is 27.2. The van der Waals surface area contributed by atoms with Crippen molar-refractivity contribution in [3.8, 4) is 34.8 Å². The summed E-state index contributed by atoms with van der Waals surface area (Å²) in [5.74, 6) is 1.01. The topological polar surface area (TPSA) is 113 Å². The molecule has 0 bridgehead atoms. The Bertz CT molecular complexity index is 1640. The summed E-state index contributed by atoms with van der Waals surface area (Å²) in [7, 11) is 1.56. The Morgan fingerprint density at radius 2 is 1.71 bits per heavy atom. The molecule has 0 aromatic heterocycles. The fourth-order valence-corrected chi connectivity index (χ4v) is 4.64. The zero-order valence-corrected chi connectivity index (χ0v) is 22.6. The first-order valence-corrected chi connectivity index (χ1v) is 13.0. The molecule has 4 aromatic carbocycles. The quantitative estimate of drug-likeness (QED) is 0.197. The van der Waals surface area contributed by atoms with Crippen LogP contribution in [0, 0.1) is 11.3 Å². The van der Waals surface area contributed by atoms with E-state index >= 15 is 0 Å². The molecule has 8 nitrogen and oxygen atoms in total. The minimum absolute atomic E-state index is 0.0291. The Balaban J connectivity index is 1.43. The van der Waals surface area contributed by atoms with Crippen molar-refractivity contribution in [3.63, 3.8) is 0 Å². The van der Waals surface area contributed by atoms with Gasteiger partial charge in [0.05, 0.1) is 19.6 Å². The Labute approximate surface area is 238 Å². The molecule has 2 N–H and O–H groups in total. The number of rotatable bonds is 9. The maximum atomic E-state index is 12.9. The molecule has 1 heterocycles. The maximum Gasteiger partial charge on any atom is 0.347 e. The zero-order valence-electron chi connectivity index (χ0n) is 22.6. The fraction of sp³-hybridized carbons (Fsp3) is 0.152. The van der Waals surface area contributed by atoms with Crippen molar-refractivity contribution >= 4 is 5.97 Å². The van der Waals surface area contributed by atoms with E-state index in [2.05, 4.69) is 6.07 Å². The van der Waals surface area contributed by atoms with Crippen molar-refractivity contribution in [2.45, 2.75) is 19.4 Å². The Morgan fingerprint density at radius 1 is 0.927 bits per heavy atom. The van der Waals surface area contributed by atoms with Crippen molar-refractivity contribution in [1.29, 1.82) is 5.26 Å². The maximum absolute atomic E-state index is 12.9. The molecule has 0 spiro atoms. The Kier molecular flexibility index (Phi) is 8.07. The van der Waals surface area contributed by atoms with Gasteiger partial charge in [0.1, 0.15) is 41.1 Å². The van der Waals surface area contributed by atoms with Crippen LogP contribution in [0.1, 0.15) is 39.9 Å². The van der Waals surface area contributed by atoms with Crippen molar-refractivity contribution in [2.24, 2.45) is 5.73 Å². The molecule has 0 radical (unpaired) electrons. The van der Waals surface area contributed by atoms with Crippen LogP contribution in [0.2, 0.25) is 0 Å². The molecule has 0 saturated carbocycles. The van der Waals surface area contributed by atoms with Crippen LogP contribution in [0.5, 0.6) is 28.7 Å². The van der Waals surface area contributed by atoms with E-state index < -0.39 is 11.9 Å². The summed E-state index contributed by atoms with van der Waals surface area (Å²) in [5.41, 5.74) is 9.23. The van der Waals surface area contributed by atoms with Gasteiger partial charge in [0.15, 0.2) is 11.5 Å². The molecular formula is C33H28N2O6. The number of hydrogen-bond donors (Lipinski definition) is 1. The normalized spacial score (nSPS) is 13.8. The molecule has 4 aromatic rings. The molecule has 206 valence electrons. The number of allylic oxidation sites excluding steroid dienone is 1. The molecule has 0 amide bonds. The van der Waals surface area contributed by atoms with E-state index in [9.17, 15) is 10.1 Å². The summed E-state index contributed by atoms with van der Waals surface area (Å²) in [6, 6.07) is 29.4. The van der Waals surface area contributed by atoms with Crippen molar-refractivity contribution in [1.82, 2.24) is 0 Å². The van der Waals surface area contributed by atoms with Gasteiger partial charge >= 0.3 is 5.97 Å². The molecule has 0 aliphatic carbocycles. The lowest BCUT2D eigenvalue weighted by atomic mass is 9.83. The number of ether oxygens (including phenoxy) is 5. The van der Waals surface area contributed by atoms with Gasteiger partial charge in [-0.2, -0.15) is 5.26 Å². The Morgan fingerprint density at radius 3 is 2.46 bits per heavy atom. The molecule has 41 heavy (non-hydrogen) atoms. The predicted octanol–water partition coefficient (Wildman–Crippen LogP) is 6.11. The predicted molar refractivity (Wildman–Crippen MR) is 152 cm³/mol. The Hall–Kier alpha value is -5.42. The third-order valence-corrected chi connectivity index (χ3v) is 6.57. The first-order valence-electron chi connectivity index (χ1n) is 13.0. The molecule has 1 aliphatic heterocycles. The number of fused-ring (bicyclic) bond motifs is 1. The van der Waals surface area contributed by atoms with Crippen molar-refractivity contribution in [2.75, 3.05) is 13.7 Å². The van der Waals surface area contributed by atoms with Crippen LogP contribution < -0.4 is 29.4 Å². The molecule has 1 unspecified atom stereocenters. The molecule has 1 atom stereocenters. The van der Waals surface area contributed by atoms with Crippen LogP contribution in [0.4, 0.5) is 0 Å². The molecule has 8 heteroatoms. The van der Waals surface area contributed by atoms with Crippen molar-refractivity contribution < 1.29 is 28.5 Å². The SMILES string of the molecule is CCOc1ccccc1C(=O)Oc1ccc2c(c1)OC(N)=C(C#N)C2c1ccc(OCc2ccccc2)c(OC)c1. The van der Waals surface area contributed by atoms with E-state index in [-0.39, 0.29) is 17.2 Å². The summed E-state index contributed by atoms with van der Waals surface area (Å²) in [6.07, 6.45) is 0. The third kappa shape index (κ3) is 5.80. The van der Waals surface area contributed by atoms with E-state index in [1.165, 1.54) is 0 Å². The van der Waals surface area contributed by atoms with E-state index in [0.29, 0.717) is 47.3 Å². The van der Waals surface area contributed by atoms with Crippen LogP contribution >= 0.6 is 0 Å². The highest BCUT2D eigenvalue weighted by Crippen LogP contribution is 2.45. The van der Waals surface area contributed by atoms with Gasteiger partial charge in [-0.1, -0.05) is 54.6 Å². The van der Waals surface area contributed by atoms with Crippen LogP contribution in [0.15, 0.2) is 102 Å². The smallest absolute Gasteiger partial charge is 0.347 e. The molecule has 5 rings (SSSR count). The number of nitrogens with zero attached hydrogens (tertiary/aromatic N) is 1. The van der Waals surface area contributed by atoms with Crippen LogP contribution in [0.3, 0.4) is 0 Å². The standard InChI is InChI=1S/C33H28N2O6/c1-3-38-27-12-8-7-11-25(27)33(36)40-23-14-15-24-29(18-23)41-32(35)26(19-34)31(24)22-13-16-28(30(17-22)37-2)39-20-21-9-5-4-6-10-21/h4-18,31H,3,20,35H2,1-2H3. The molecule has 0 fully saturated rings. The average Bonchev–Trinajstić information content (AvgIpc) is 3.00. The average molecular weight is 549 g/mol. The van der Waals surface area contributed by atoms with Crippen LogP contribution in [0.25, 0.3) is 0 Å². The summed E-state index contributed by atoms with van der Waals surface area (Å²) in [6.45, 7) is 2.63. The number of carbonyl (C=O) groups excluding carboxylic acids is 1. The molecule has 1 aliphatic rings. The van der Waals surface area contributed by atoms with Crippen LogP contribution in [-0.2, 0) is 6.61 Å². The lowest BCUT2D eigenvalue weighted by molar-refractivity contribution is 0.0730. The van der Waals surface area contributed by atoms with Gasteiger partial charge in [0.25, 0.3) is 0 Å². The number of esters is 1. The number of carbonyl (C=O) groups is 1. The second-order valence-corrected chi connectivity index (χ2v) is 9.13. The number of benzene rings is 4. The van der Waals surface area contributed by atoms with Gasteiger partial charge in [0, 0.05) is 11.6 Å². The van der Waals surface area contributed by atoms with Gasteiger partial charge < -0.3 is 29.4 Å². The van der Waals surface area contributed by atoms with Crippen molar-refractivity contribution in [3.05, 3.63) is 125 Å². The number of para-hydroxylation sites is 1.